The van der Waals surface area contributed by atoms with Gasteiger partial charge in [0.1, 0.15) is 0 Å². The Balaban J connectivity index is 2.84. The Morgan fingerprint density at radius 1 is 1.20 bits per heavy atom. The average Bonchev–Trinajstić information content (AvgIpc) is 2.29. The van der Waals surface area contributed by atoms with Gasteiger partial charge in [0.25, 0.3) is 0 Å². The van der Waals surface area contributed by atoms with Crippen molar-refractivity contribution in [1.82, 2.24) is 0 Å². The van der Waals surface area contributed by atoms with Crippen LogP contribution in [0.4, 0.5) is 5.69 Å². The first-order chi connectivity index (χ1) is 7.33. The van der Waals surface area contributed by atoms with Crippen LogP contribution in [0.2, 0.25) is 0 Å². The smallest absolute Gasteiger partial charge is 0.0405 e. The molecule has 0 fully saturated rings. The molecule has 1 N–H and O–H groups in total. The van der Waals surface area contributed by atoms with Crippen molar-refractivity contribution in [2.75, 3.05) is 11.9 Å². The highest BCUT2D eigenvalue weighted by molar-refractivity contribution is 5.57. The first-order valence-electron chi connectivity index (χ1n) is 5.79. The van der Waals surface area contributed by atoms with Crippen LogP contribution in [0.3, 0.4) is 0 Å². The molecule has 0 saturated heterocycles. The Morgan fingerprint density at radius 2 is 1.80 bits per heavy atom. The van der Waals surface area contributed by atoms with Gasteiger partial charge in [-0.15, -0.1) is 6.58 Å². The Bertz CT molecular complexity index is 293. The number of anilines is 1. The maximum absolute atomic E-state index is 3.74. The van der Waals surface area contributed by atoms with Gasteiger partial charge in [-0.05, 0) is 30.4 Å². The van der Waals surface area contributed by atoms with E-state index in [0.29, 0.717) is 0 Å². The zero-order valence-electron chi connectivity index (χ0n) is 9.84. The molecule has 0 aliphatic rings. The SMILES string of the molecule is C=CCCNc1c(CC)cccc1CC. The summed E-state index contributed by atoms with van der Waals surface area (Å²) in [4.78, 5) is 0. The molecule has 0 amide bonds. The third kappa shape index (κ3) is 3.12. The van der Waals surface area contributed by atoms with Crippen molar-refractivity contribution in [3.63, 3.8) is 0 Å². The van der Waals surface area contributed by atoms with Crippen LogP contribution < -0.4 is 5.32 Å². The molecule has 0 heterocycles. The van der Waals surface area contributed by atoms with Crippen LogP contribution >= 0.6 is 0 Å². The monoisotopic (exact) mass is 203 g/mol. The fraction of sp³-hybridized carbons (Fsp3) is 0.429. The summed E-state index contributed by atoms with van der Waals surface area (Å²) in [6.07, 6.45) is 5.14. The molecule has 82 valence electrons. The minimum atomic E-state index is 0.980. The lowest BCUT2D eigenvalue weighted by Crippen LogP contribution is -2.05. The summed E-state index contributed by atoms with van der Waals surface area (Å²) < 4.78 is 0. The molecule has 0 saturated carbocycles. The van der Waals surface area contributed by atoms with Crippen LogP contribution in [0.25, 0.3) is 0 Å². The molecule has 0 aliphatic carbocycles. The summed E-state index contributed by atoms with van der Waals surface area (Å²) in [6.45, 7) is 9.12. The molecular formula is C14H21N. The van der Waals surface area contributed by atoms with E-state index in [4.69, 9.17) is 0 Å². The van der Waals surface area contributed by atoms with E-state index in [9.17, 15) is 0 Å². The number of hydrogen-bond acceptors (Lipinski definition) is 1. The number of benzene rings is 1. The van der Waals surface area contributed by atoms with E-state index in [-0.39, 0.29) is 0 Å². The predicted octanol–water partition coefficient (Wildman–Crippen LogP) is 3.80. The molecule has 0 unspecified atom stereocenters. The Morgan fingerprint density at radius 3 is 2.27 bits per heavy atom. The number of aryl methyl sites for hydroxylation is 2. The maximum Gasteiger partial charge on any atom is 0.0405 e. The molecule has 0 radical (unpaired) electrons. The fourth-order valence-corrected chi connectivity index (χ4v) is 1.77. The maximum atomic E-state index is 3.74. The van der Waals surface area contributed by atoms with Gasteiger partial charge >= 0.3 is 0 Å². The summed E-state index contributed by atoms with van der Waals surface area (Å²) in [5, 5.41) is 3.51. The van der Waals surface area contributed by atoms with E-state index in [1.165, 1.54) is 16.8 Å². The summed E-state index contributed by atoms with van der Waals surface area (Å²) >= 11 is 0. The highest BCUT2D eigenvalue weighted by Crippen LogP contribution is 2.22. The molecule has 1 nitrogen and oxygen atoms in total. The summed E-state index contributed by atoms with van der Waals surface area (Å²) in [7, 11) is 0. The van der Waals surface area contributed by atoms with Gasteiger partial charge < -0.3 is 5.32 Å². The number of para-hydroxylation sites is 1. The molecule has 0 spiro atoms. The summed E-state index contributed by atoms with van der Waals surface area (Å²) in [5.74, 6) is 0. The minimum absolute atomic E-state index is 0.980. The second-order valence-electron chi connectivity index (χ2n) is 3.66. The van der Waals surface area contributed by atoms with Crippen LogP contribution in [0.5, 0.6) is 0 Å². The van der Waals surface area contributed by atoms with Crippen LogP contribution in [0.15, 0.2) is 30.9 Å². The van der Waals surface area contributed by atoms with Crippen molar-refractivity contribution in [2.24, 2.45) is 0 Å². The molecule has 0 aliphatic heterocycles. The molecule has 1 rings (SSSR count). The second kappa shape index (κ2) is 6.28. The Labute approximate surface area is 93.2 Å². The van der Waals surface area contributed by atoms with Crippen LogP contribution in [-0.2, 0) is 12.8 Å². The average molecular weight is 203 g/mol. The molecular weight excluding hydrogens is 182 g/mol. The van der Waals surface area contributed by atoms with Crippen molar-refractivity contribution in [1.29, 1.82) is 0 Å². The number of nitrogens with one attached hydrogen (secondary N) is 1. The Hall–Kier alpha value is -1.24. The van der Waals surface area contributed by atoms with Crippen LogP contribution in [-0.4, -0.2) is 6.54 Å². The normalized spacial score (nSPS) is 10.0. The van der Waals surface area contributed by atoms with Gasteiger partial charge in [0.2, 0.25) is 0 Å². The third-order valence-corrected chi connectivity index (χ3v) is 2.65. The lowest BCUT2D eigenvalue weighted by Gasteiger charge is -2.14. The van der Waals surface area contributed by atoms with Gasteiger partial charge in [0.05, 0.1) is 0 Å². The topological polar surface area (TPSA) is 12.0 Å². The van der Waals surface area contributed by atoms with E-state index in [1.807, 2.05) is 6.08 Å². The largest absolute Gasteiger partial charge is 0.384 e. The molecule has 0 bridgehead atoms. The first kappa shape index (κ1) is 11.8. The second-order valence-corrected chi connectivity index (χ2v) is 3.66. The zero-order valence-corrected chi connectivity index (χ0v) is 9.84. The lowest BCUT2D eigenvalue weighted by molar-refractivity contribution is 1.02. The molecule has 0 atom stereocenters. The molecule has 0 aromatic heterocycles. The highest BCUT2D eigenvalue weighted by Gasteiger charge is 2.04. The van der Waals surface area contributed by atoms with Gasteiger partial charge in [0.15, 0.2) is 0 Å². The predicted molar refractivity (Wildman–Crippen MR) is 68.5 cm³/mol. The molecule has 15 heavy (non-hydrogen) atoms. The zero-order chi connectivity index (χ0) is 11.1. The van der Waals surface area contributed by atoms with E-state index in [1.54, 1.807) is 0 Å². The fourth-order valence-electron chi connectivity index (χ4n) is 1.77. The van der Waals surface area contributed by atoms with Gasteiger partial charge in [-0.1, -0.05) is 38.1 Å². The third-order valence-electron chi connectivity index (χ3n) is 2.65. The molecule has 1 heteroatoms. The standard InChI is InChI=1S/C14H21N/c1-4-7-11-15-14-12(5-2)9-8-10-13(14)6-3/h4,8-10,15H,1,5-7,11H2,2-3H3. The van der Waals surface area contributed by atoms with Crippen LogP contribution in [0, 0.1) is 0 Å². The molecule has 1 aromatic carbocycles. The summed E-state index contributed by atoms with van der Waals surface area (Å²) in [6, 6.07) is 6.56. The van der Waals surface area contributed by atoms with Crippen molar-refractivity contribution in [3.8, 4) is 0 Å². The van der Waals surface area contributed by atoms with Gasteiger partial charge in [-0.3, -0.25) is 0 Å². The number of hydrogen-bond donors (Lipinski definition) is 1. The van der Waals surface area contributed by atoms with Gasteiger partial charge in [-0.25, -0.2) is 0 Å². The summed E-state index contributed by atoms with van der Waals surface area (Å²) in [5.41, 5.74) is 4.17. The van der Waals surface area contributed by atoms with E-state index >= 15 is 0 Å². The van der Waals surface area contributed by atoms with Gasteiger partial charge in [-0.2, -0.15) is 0 Å². The van der Waals surface area contributed by atoms with Gasteiger partial charge in [0, 0.05) is 12.2 Å². The highest BCUT2D eigenvalue weighted by atomic mass is 14.9. The molecule has 1 aromatic rings. The van der Waals surface area contributed by atoms with Crippen molar-refractivity contribution >= 4 is 5.69 Å². The lowest BCUT2D eigenvalue weighted by atomic mass is 10.0. The van der Waals surface area contributed by atoms with E-state index in [0.717, 1.165) is 25.8 Å². The van der Waals surface area contributed by atoms with Crippen LogP contribution in [0.1, 0.15) is 31.4 Å². The van der Waals surface area contributed by atoms with Crippen molar-refractivity contribution in [3.05, 3.63) is 42.0 Å². The number of rotatable bonds is 6. The van der Waals surface area contributed by atoms with E-state index in [2.05, 4.69) is 43.9 Å². The quantitative estimate of drug-likeness (QED) is 0.548. The van der Waals surface area contributed by atoms with Crippen molar-refractivity contribution < 1.29 is 0 Å². The van der Waals surface area contributed by atoms with Crippen molar-refractivity contribution in [2.45, 2.75) is 33.1 Å². The first-order valence-corrected chi connectivity index (χ1v) is 5.79. The Kier molecular flexibility index (Phi) is 4.96. The minimum Gasteiger partial charge on any atom is -0.384 e. The van der Waals surface area contributed by atoms with E-state index < -0.39 is 0 Å².